The lowest BCUT2D eigenvalue weighted by atomic mass is 10.0. The number of nitrogens with one attached hydrogen (secondary N) is 2. The second-order valence-electron chi connectivity index (χ2n) is 4.02. The number of anilines is 3. The van der Waals surface area contributed by atoms with E-state index < -0.39 is 0 Å². The summed E-state index contributed by atoms with van der Waals surface area (Å²) in [5.41, 5.74) is 9.38. The van der Waals surface area contributed by atoms with Crippen LogP contribution in [0.25, 0.3) is 0 Å². The van der Waals surface area contributed by atoms with E-state index in [1.54, 1.807) is 0 Å². The molecule has 1 aromatic rings. The maximum atomic E-state index is 11.3. The molecule has 0 fully saturated rings. The Kier molecular flexibility index (Phi) is 3.38. The Labute approximate surface area is 108 Å². The largest absolute Gasteiger partial charge is 0.397 e. The van der Waals surface area contributed by atoms with Crippen molar-refractivity contribution in [3.63, 3.8) is 0 Å². The Hall–Kier alpha value is -1.49. The fourth-order valence-corrected chi connectivity index (χ4v) is 1.93. The van der Waals surface area contributed by atoms with Crippen molar-refractivity contribution in [1.82, 2.24) is 0 Å². The first-order valence-corrected chi connectivity index (χ1v) is 6.15. The zero-order valence-corrected chi connectivity index (χ0v) is 10.9. The van der Waals surface area contributed by atoms with E-state index in [9.17, 15) is 4.79 Å². The predicted molar refractivity (Wildman–Crippen MR) is 74.4 cm³/mol. The molecule has 0 unspecified atom stereocenters. The molecule has 0 aliphatic carbocycles. The Balaban J connectivity index is 2.25. The van der Waals surface area contributed by atoms with Gasteiger partial charge in [0.05, 0.1) is 11.4 Å². The summed E-state index contributed by atoms with van der Waals surface area (Å²) in [4.78, 5) is 11.3. The maximum absolute atomic E-state index is 11.3. The number of fused-ring (bicyclic) bond motifs is 1. The lowest BCUT2D eigenvalue weighted by Crippen LogP contribution is -2.19. The average Bonchev–Trinajstić information content (AvgIpc) is 2.26. The van der Waals surface area contributed by atoms with Crippen LogP contribution in [-0.2, 0) is 11.2 Å². The molecule has 0 spiro atoms. The summed E-state index contributed by atoms with van der Waals surface area (Å²) in [6.07, 6.45) is 1.27. The SMILES string of the molecule is C=C(Br)CNc1cc2c(cc1N)CCC(=O)N2. The fraction of sp³-hybridized carbons (Fsp3) is 0.250. The van der Waals surface area contributed by atoms with Crippen molar-refractivity contribution in [1.29, 1.82) is 0 Å². The van der Waals surface area contributed by atoms with Gasteiger partial charge in [0.15, 0.2) is 0 Å². The van der Waals surface area contributed by atoms with Crippen molar-refractivity contribution in [2.45, 2.75) is 12.8 Å². The third-order valence-electron chi connectivity index (χ3n) is 2.64. The molecule has 5 heteroatoms. The number of aryl methyl sites for hydroxylation is 1. The van der Waals surface area contributed by atoms with Crippen LogP contribution >= 0.6 is 15.9 Å². The van der Waals surface area contributed by atoms with Crippen molar-refractivity contribution >= 4 is 38.9 Å². The van der Waals surface area contributed by atoms with Gasteiger partial charge >= 0.3 is 0 Å². The zero-order valence-electron chi connectivity index (χ0n) is 9.35. The van der Waals surface area contributed by atoms with E-state index in [0.717, 1.165) is 27.8 Å². The maximum Gasteiger partial charge on any atom is 0.224 e. The highest BCUT2D eigenvalue weighted by atomic mass is 79.9. The number of hydrogen-bond acceptors (Lipinski definition) is 3. The molecule has 2 rings (SSSR count). The number of nitrogens with two attached hydrogens (primary N) is 1. The Bertz CT molecular complexity index is 485. The molecule has 17 heavy (non-hydrogen) atoms. The Morgan fingerprint density at radius 3 is 3.00 bits per heavy atom. The predicted octanol–water partition coefficient (Wildman–Crippen LogP) is 2.47. The summed E-state index contributed by atoms with van der Waals surface area (Å²) >= 11 is 3.27. The highest BCUT2D eigenvalue weighted by Gasteiger charge is 2.16. The van der Waals surface area contributed by atoms with Gasteiger partial charge in [0, 0.05) is 23.1 Å². The van der Waals surface area contributed by atoms with E-state index in [1.165, 1.54) is 0 Å². The second-order valence-corrected chi connectivity index (χ2v) is 5.14. The summed E-state index contributed by atoms with van der Waals surface area (Å²) in [5.74, 6) is 0.0538. The van der Waals surface area contributed by atoms with Crippen molar-refractivity contribution in [2.24, 2.45) is 0 Å². The normalized spacial score (nSPS) is 13.8. The van der Waals surface area contributed by atoms with Crippen molar-refractivity contribution in [3.8, 4) is 0 Å². The van der Waals surface area contributed by atoms with E-state index in [4.69, 9.17) is 5.73 Å². The van der Waals surface area contributed by atoms with Gasteiger partial charge in [-0.15, -0.1) is 0 Å². The van der Waals surface area contributed by atoms with Gasteiger partial charge in [0.1, 0.15) is 0 Å². The van der Waals surface area contributed by atoms with Gasteiger partial charge in [-0.2, -0.15) is 0 Å². The van der Waals surface area contributed by atoms with Gasteiger partial charge in [-0.05, 0) is 24.1 Å². The molecule has 1 aromatic carbocycles. The van der Waals surface area contributed by atoms with Crippen LogP contribution in [0.4, 0.5) is 17.1 Å². The minimum Gasteiger partial charge on any atom is -0.397 e. The number of nitrogen functional groups attached to an aromatic ring is 1. The van der Waals surface area contributed by atoms with Crippen LogP contribution in [0.5, 0.6) is 0 Å². The number of benzene rings is 1. The molecule has 1 heterocycles. The standard InChI is InChI=1S/C12H14BrN3O/c1-7(13)6-15-11-5-10-8(4-9(11)14)2-3-12(17)16-10/h4-5,15H,1-3,6,14H2,(H,16,17). The molecule has 0 saturated heterocycles. The van der Waals surface area contributed by atoms with Gasteiger partial charge in [0.25, 0.3) is 0 Å². The van der Waals surface area contributed by atoms with Crippen LogP contribution in [0.15, 0.2) is 23.2 Å². The molecule has 1 aliphatic rings. The molecule has 1 amide bonds. The van der Waals surface area contributed by atoms with E-state index in [0.29, 0.717) is 18.7 Å². The molecular formula is C12H14BrN3O. The van der Waals surface area contributed by atoms with Crippen molar-refractivity contribution in [3.05, 3.63) is 28.8 Å². The third-order valence-corrected chi connectivity index (χ3v) is 2.92. The summed E-state index contributed by atoms with van der Waals surface area (Å²) in [6.45, 7) is 4.34. The number of hydrogen-bond donors (Lipinski definition) is 3. The minimum absolute atomic E-state index is 0.0538. The summed E-state index contributed by atoms with van der Waals surface area (Å²) in [7, 11) is 0. The quantitative estimate of drug-likeness (QED) is 0.751. The van der Waals surface area contributed by atoms with Gasteiger partial charge < -0.3 is 16.4 Å². The molecule has 4 N–H and O–H groups in total. The average molecular weight is 296 g/mol. The third kappa shape index (κ3) is 2.79. The van der Waals surface area contributed by atoms with E-state index in [1.807, 2.05) is 12.1 Å². The molecule has 0 bridgehead atoms. The van der Waals surface area contributed by atoms with Crippen LogP contribution < -0.4 is 16.4 Å². The van der Waals surface area contributed by atoms with Crippen molar-refractivity contribution < 1.29 is 4.79 Å². The number of rotatable bonds is 3. The number of carbonyl (C=O) groups excluding carboxylic acids is 1. The minimum atomic E-state index is 0.0538. The fourth-order valence-electron chi connectivity index (χ4n) is 1.79. The van der Waals surface area contributed by atoms with E-state index in [-0.39, 0.29) is 5.91 Å². The molecular weight excluding hydrogens is 282 g/mol. The van der Waals surface area contributed by atoms with E-state index >= 15 is 0 Å². The van der Waals surface area contributed by atoms with Crippen LogP contribution in [0.1, 0.15) is 12.0 Å². The molecule has 0 atom stereocenters. The topological polar surface area (TPSA) is 67.1 Å². The first kappa shape index (κ1) is 12.0. The zero-order chi connectivity index (χ0) is 12.4. The molecule has 0 aromatic heterocycles. The monoisotopic (exact) mass is 295 g/mol. The first-order chi connectivity index (χ1) is 8.06. The molecule has 0 radical (unpaired) electrons. The summed E-state index contributed by atoms with van der Waals surface area (Å²) in [5, 5.41) is 6.00. The van der Waals surface area contributed by atoms with Gasteiger partial charge in [0.2, 0.25) is 5.91 Å². The summed E-state index contributed by atoms with van der Waals surface area (Å²) in [6, 6.07) is 3.78. The highest BCUT2D eigenvalue weighted by Crippen LogP contribution is 2.31. The number of carbonyl (C=O) groups is 1. The summed E-state index contributed by atoms with van der Waals surface area (Å²) < 4.78 is 0.846. The lowest BCUT2D eigenvalue weighted by molar-refractivity contribution is -0.116. The van der Waals surface area contributed by atoms with Crippen molar-refractivity contribution in [2.75, 3.05) is 22.9 Å². The van der Waals surface area contributed by atoms with Gasteiger partial charge in [-0.1, -0.05) is 22.5 Å². The van der Waals surface area contributed by atoms with E-state index in [2.05, 4.69) is 33.1 Å². The molecule has 4 nitrogen and oxygen atoms in total. The van der Waals surface area contributed by atoms with Crippen LogP contribution in [0.2, 0.25) is 0 Å². The van der Waals surface area contributed by atoms with Gasteiger partial charge in [-0.25, -0.2) is 0 Å². The first-order valence-electron chi connectivity index (χ1n) is 5.35. The second kappa shape index (κ2) is 4.79. The molecule has 90 valence electrons. The molecule has 1 aliphatic heterocycles. The number of amides is 1. The number of halogens is 1. The Morgan fingerprint density at radius 1 is 1.53 bits per heavy atom. The van der Waals surface area contributed by atoms with Crippen LogP contribution in [0, 0.1) is 0 Å². The lowest BCUT2D eigenvalue weighted by Gasteiger charge is -2.19. The van der Waals surface area contributed by atoms with Crippen LogP contribution in [-0.4, -0.2) is 12.5 Å². The smallest absolute Gasteiger partial charge is 0.224 e. The highest BCUT2D eigenvalue weighted by molar-refractivity contribution is 9.11. The van der Waals surface area contributed by atoms with Gasteiger partial charge in [-0.3, -0.25) is 4.79 Å². The Morgan fingerprint density at radius 2 is 2.29 bits per heavy atom. The van der Waals surface area contributed by atoms with Crippen LogP contribution in [0.3, 0.4) is 0 Å². The molecule has 0 saturated carbocycles.